The molecule has 0 amide bonds. The zero-order chi connectivity index (χ0) is 14.8. The van der Waals surface area contributed by atoms with Crippen molar-refractivity contribution in [3.63, 3.8) is 0 Å². The molecular formula is C14H9F3N2O. The molecule has 102 valence electrons. The van der Waals surface area contributed by atoms with Crippen molar-refractivity contribution in [3.8, 4) is 17.7 Å². The van der Waals surface area contributed by atoms with Gasteiger partial charge in [-0.15, -0.1) is 0 Å². The Morgan fingerprint density at radius 1 is 1.20 bits per heavy atom. The first kappa shape index (κ1) is 13.9. The van der Waals surface area contributed by atoms with E-state index in [0.717, 1.165) is 17.7 Å². The molecule has 0 unspecified atom stereocenters. The highest BCUT2D eigenvalue weighted by molar-refractivity contribution is 5.42. The lowest BCUT2D eigenvalue weighted by atomic mass is 10.2. The van der Waals surface area contributed by atoms with Gasteiger partial charge in [-0.2, -0.15) is 18.4 Å². The molecule has 0 aliphatic carbocycles. The van der Waals surface area contributed by atoms with Gasteiger partial charge in [0.05, 0.1) is 0 Å². The molecule has 0 aliphatic heterocycles. The van der Waals surface area contributed by atoms with E-state index in [0.29, 0.717) is 5.75 Å². The number of hydrogen-bond acceptors (Lipinski definition) is 3. The number of halogens is 3. The zero-order valence-electron chi connectivity index (χ0n) is 10.4. The standard InChI is InChI=1S/C14H9F3N2O/c1-9-3-2-4-11(7-9)20-13-10(8-18)5-6-12(19-13)14(15,16)17/h2-7H,1H3. The summed E-state index contributed by atoms with van der Waals surface area (Å²) in [5.41, 5.74) is -0.272. The van der Waals surface area contributed by atoms with Crippen molar-refractivity contribution in [1.29, 1.82) is 5.26 Å². The zero-order valence-corrected chi connectivity index (χ0v) is 10.4. The van der Waals surface area contributed by atoms with Crippen molar-refractivity contribution < 1.29 is 17.9 Å². The summed E-state index contributed by atoms with van der Waals surface area (Å²) in [4.78, 5) is 3.37. The van der Waals surface area contributed by atoms with Crippen LogP contribution in [0, 0.1) is 18.3 Å². The molecule has 1 heterocycles. The third-order valence-corrected chi connectivity index (χ3v) is 2.48. The molecular weight excluding hydrogens is 269 g/mol. The molecule has 0 saturated carbocycles. The van der Waals surface area contributed by atoms with Crippen LogP contribution in [0.15, 0.2) is 36.4 Å². The number of nitriles is 1. The van der Waals surface area contributed by atoms with E-state index in [1.165, 1.54) is 0 Å². The molecule has 0 N–H and O–H groups in total. The summed E-state index contributed by atoms with van der Waals surface area (Å²) in [6, 6.07) is 10.3. The summed E-state index contributed by atoms with van der Waals surface area (Å²) < 4.78 is 43.1. The van der Waals surface area contributed by atoms with E-state index in [1.807, 2.05) is 13.0 Å². The number of nitrogens with zero attached hydrogens (tertiary/aromatic N) is 2. The minimum atomic E-state index is -4.58. The van der Waals surface area contributed by atoms with Crippen LogP contribution in [0.5, 0.6) is 11.6 Å². The van der Waals surface area contributed by atoms with Crippen molar-refractivity contribution in [3.05, 3.63) is 53.2 Å². The summed E-state index contributed by atoms with van der Waals surface area (Å²) in [6.07, 6.45) is -4.58. The number of alkyl halides is 3. The van der Waals surface area contributed by atoms with Gasteiger partial charge in [0.25, 0.3) is 0 Å². The fourth-order valence-corrected chi connectivity index (χ4v) is 1.55. The van der Waals surface area contributed by atoms with Gasteiger partial charge in [-0.05, 0) is 36.8 Å². The molecule has 0 aliphatic rings. The van der Waals surface area contributed by atoms with Crippen LogP contribution >= 0.6 is 0 Å². The van der Waals surface area contributed by atoms with Crippen LogP contribution in [-0.4, -0.2) is 4.98 Å². The fraction of sp³-hybridized carbons (Fsp3) is 0.143. The quantitative estimate of drug-likeness (QED) is 0.831. The van der Waals surface area contributed by atoms with Crippen LogP contribution in [0.3, 0.4) is 0 Å². The van der Waals surface area contributed by atoms with Gasteiger partial charge < -0.3 is 4.74 Å². The van der Waals surface area contributed by atoms with Crippen LogP contribution in [-0.2, 0) is 6.18 Å². The molecule has 20 heavy (non-hydrogen) atoms. The average molecular weight is 278 g/mol. The maximum Gasteiger partial charge on any atom is 0.433 e. The molecule has 0 fully saturated rings. The van der Waals surface area contributed by atoms with Crippen LogP contribution < -0.4 is 4.74 Å². The van der Waals surface area contributed by atoms with Gasteiger partial charge in [-0.1, -0.05) is 12.1 Å². The van der Waals surface area contributed by atoms with E-state index in [2.05, 4.69) is 4.98 Å². The Bertz CT molecular complexity index is 675. The summed E-state index contributed by atoms with van der Waals surface area (Å²) in [5, 5.41) is 8.89. The molecule has 0 spiro atoms. The first-order chi connectivity index (χ1) is 9.40. The Labute approximate surface area is 113 Å². The molecule has 0 bridgehead atoms. The Balaban J connectivity index is 2.42. The molecule has 0 atom stereocenters. The number of aryl methyl sites for hydroxylation is 1. The van der Waals surface area contributed by atoms with Gasteiger partial charge in [-0.25, -0.2) is 4.98 Å². The molecule has 6 heteroatoms. The number of benzene rings is 1. The van der Waals surface area contributed by atoms with Crippen molar-refractivity contribution in [2.75, 3.05) is 0 Å². The average Bonchev–Trinajstić information content (AvgIpc) is 2.37. The summed E-state index contributed by atoms with van der Waals surface area (Å²) in [6.45, 7) is 1.82. The highest BCUT2D eigenvalue weighted by atomic mass is 19.4. The predicted molar refractivity (Wildman–Crippen MR) is 65.2 cm³/mol. The number of hydrogen-bond donors (Lipinski definition) is 0. The van der Waals surface area contributed by atoms with Crippen LogP contribution in [0.2, 0.25) is 0 Å². The Morgan fingerprint density at radius 3 is 2.55 bits per heavy atom. The minimum Gasteiger partial charge on any atom is -0.438 e. The van der Waals surface area contributed by atoms with Gasteiger partial charge in [-0.3, -0.25) is 0 Å². The Morgan fingerprint density at radius 2 is 1.95 bits per heavy atom. The lowest BCUT2D eigenvalue weighted by Crippen LogP contribution is -2.09. The van der Waals surface area contributed by atoms with Gasteiger partial charge in [0.1, 0.15) is 23.1 Å². The SMILES string of the molecule is Cc1cccc(Oc2nc(C(F)(F)F)ccc2C#N)c1. The Hall–Kier alpha value is -2.55. The lowest BCUT2D eigenvalue weighted by molar-refractivity contribution is -0.141. The normalized spacial score (nSPS) is 10.9. The third kappa shape index (κ3) is 3.06. The van der Waals surface area contributed by atoms with E-state index in [-0.39, 0.29) is 11.4 Å². The van der Waals surface area contributed by atoms with E-state index >= 15 is 0 Å². The smallest absolute Gasteiger partial charge is 0.433 e. The lowest BCUT2D eigenvalue weighted by Gasteiger charge is -2.10. The molecule has 2 rings (SSSR count). The van der Waals surface area contributed by atoms with Crippen molar-refractivity contribution in [1.82, 2.24) is 4.98 Å². The monoisotopic (exact) mass is 278 g/mol. The second kappa shape index (κ2) is 5.21. The maximum atomic E-state index is 12.6. The number of aromatic nitrogens is 1. The van der Waals surface area contributed by atoms with Gasteiger partial charge >= 0.3 is 6.18 Å². The number of pyridine rings is 1. The maximum absolute atomic E-state index is 12.6. The van der Waals surface area contributed by atoms with Gasteiger partial charge in [0.2, 0.25) is 5.88 Å². The highest BCUT2D eigenvalue weighted by Crippen LogP contribution is 2.31. The second-order valence-electron chi connectivity index (χ2n) is 4.08. The summed E-state index contributed by atoms with van der Waals surface area (Å²) >= 11 is 0. The van der Waals surface area contributed by atoms with E-state index in [4.69, 9.17) is 10.00 Å². The molecule has 1 aromatic heterocycles. The first-order valence-electron chi connectivity index (χ1n) is 5.63. The van der Waals surface area contributed by atoms with E-state index in [1.54, 1.807) is 24.3 Å². The van der Waals surface area contributed by atoms with E-state index < -0.39 is 11.9 Å². The first-order valence-corrected chi connectivity index (χ1v) is 5.63. The van der Waals surface area contributed by atoms with Crippen LogP contribution in [0.25, 0.3) is 0 Å². The van der Waals surface area contributed by atoms with Crippen molar-refractivity contribution in [2.45, 2.75) is 13.1 Å². The fourth-order valence-electron chi connectivity index (χ4n) is 1.55. The summed E-state index contributed by atoms with van der Waals surface area (Å²) in [7, 11) is 0. The third-order valence-electron chi connectivity index (χ3n) is 2.48. The van der Waals surface area contributed by atoms with Crippen LogP contribution in [0.4, 0.5) is 13.2 Å². The number of rotatable bonds is 2. The van der Waals surface area contributed by atoms with Crippen molar-refractivity contribution >= 4 is 0 Å². The van der Waals surface area contributed by atoms with Crippen molar-refractivity contribution in [2.24, 2.45) is 0 Å². The molecule has 0 radical (unpaired) electrons. The minimum absolute atomic E-state index is 0.0560. The predicted octanol–water partition coefficient (Wildman–Crippen LogP) is 4.07. The highest BCUT2D eigenvalue weighted by Gasteiger charge is 2.33. The Kier molecular flexibility index (Phi) is 3.61. The van der Waals surface area contributed by atoms with Gasteiger partial charge in [0.15, 0.2) is 0 Å². The molecule has 1 aromatic carbocycles. The van der Waals surface area contributed by atoms with Crippen LogP contribution in [0.1, 0.15) is 16.8 Å². The molecule has 3 nitrogen and oxygen atoms in total. The second-order valence-corrected chi connectivity index (χ2v) is 4.08. The largest absolute Gasteiger partial charge is 0.438 e. The summed E-state index contributed by atoms with van der Waals surface area (Å²) in [5.74, 6) is -0.0266. The molecule has 2 aromatic rings. The number of ether oxygens (including phenoxy) is 1. The van der Waals surface area contributed by atoms with Gasteiger partial charge in [0, 0.05) is 0 Å². The molecule has 0 saturated heterocycles. The topological polar surface area (TPSA) is 45.9 Å². The van der Waals surface area contributed by atoms with E-state index in [9.17, 15) is 13.2 Å².